The van der Waals surface area contributed by atoms with Crippen molar-refractivity contribution in [2.45, 2.75) is 0 Å². The van der Waals surface area contributed by atoms with Crippen molar-refractivity contribution in [1.29, 1.82) is 0 Å². The molecule has 30 heavy (non-hydrogen) atoms. The number of nitrogens with zero attached hydrogens (tertiary/aromatic N) is 3. The van der Waals surface area contributed by atoms with Gasteiger partial charge in [-0.15, -0.1) is 17.1 Å². The standard InChI is InChI=1S/C10H8N2OS.C9H7NO.Cu.4H2O/c13-9-4-2-1-3-8(9)7-12-10-11-5-6-14-10;11-8-5-1-3-7-4-2-6-10-9(7)8;;;;;/h1-7,13H;1-6,11H;;4*1H2/q;;+2;;;;/p-2/b12-7+;;;;;;. The quantitative estimate of drug-likeness (QED) is 0.284. The van der Waals surface area contributed by atoms with Crippen molar-refractivity contribution in [3.05, 3.63) is 77.9 Å². The Labute approximate surface area is 187 Å². The van der Waals surface area contributed by atoms with Crippen LogP contribution in [0.15, 0.2) is 77.4 Å². The smallest absolute Gasteiger partial charge is 0.872 e. The minimum absolute atomic E-state index is 0. The summed E-state index contributed by atoms with van der Waals surface area (Å²) >= 11 is 1.44. The van der Waals surface area contributed by atoms with E-state index in [2.05, 4.69) is 15.0 Å². The Morgan fingerprint density at radius 1 is 0.767 bits per heavy atom. The minimum Gasteiger partial charge on any atom is -0.872 e. The largest absolute Gasteiger partial charge is 2.00 e. The van der Waals surface area contributed by atoms with Crippen LogP contribution in [0.3, 0.4) is 0 Å². The zero-order valence-corrected chi connectivity index (χ0v) is 17.1. The van der Waals surface area contributed by atoms with Crippen LogP contribution in [0.4, 0.5) is 5.13 Å². The SMILES string of the molecule is O.O.O.O.[Cu+2].[O-]c1cccc2cccnc12.[O-]c1ccccc1/C=N/c1nccs1. The van der Waals surface area contributed by atoms with Crippen molar-refractivity contribution in [1.82, 2.24) is 9.97 Å². The van der Waals surface area contributed by atoms with Gasteiger partial charge in [-0.05, 0) is 17.0 Å². The number of para-hydroxylation sites is 2. The molecule has 0 saturated carbocycles. The normalized spacial score (nSPS) is 8.80. The second kappa shape index (κ2) is 16.0. The monoisotopic (exact) mass is 482 g/mol. The molecule has 0 spiro atoms. The third-order valence-electron chi connectivity index (χ3n) is 3.25. The van der Waals surface area contributed by atoms with E-state index in [-0.39, 0.29) is 50.5 Å². The van der Waals surface area contributed by atoms with Crippen LogP contribution >= 0.6 is 11.3 Å². The number of aliphatic imine (C=N–C) groups is 1. The molecule has 8 N–H and O–H groups in total. The first-order valence-electron chi connectivity index (χ1n) is 7.44. The second-order valence-electron chi connectivity index (χ2n) is 4.94. The molecular weight excluding hydrogens is 462 g/mol. The summed E-state index contributed by atoms with van der Waals surface area (Å²) in [5.41, 5.74) is 1.14. The summed E-state index contributed by atoms with van der Waals surface area (Å²) in [5, 5.41) is 25.8. The number of hydrogen-bond donors (Lipinski definition) is 0. The first-order chi connectivity index (χ1) is 12.2. The molecular formula is C19H21CuN3O6S. The van der Waals surface area contributed by atoms with Crippen molar-refractivity contribution >= 4 is 33.6 Å². The van der Waals surface area contributed by atoms with Crippen LogP contribution in [0.2, 0.25) is 0 Å². The summed E-state index contributed by atoms with van der Waals surface area (Å²) in [6, 6.07) is 15.6. The third-order valence-corrected chi connectivity index (χ3v) is 3.93. The molecule has 2 heterocycles. The van der Waals surface area contributed by atoms with E-state index in [1.165, 1.54) is 23.5 Å². The summed E-state index contributed by atoms with van der Waals surface area (Å²) in [7, 11) is 0. The topological polar surface area (TPSA) is 210 Å². The average molecular weight is 483 g/mol. The molecule has 11 heteroatoms. The molecule has 165 valence electrons. The maximum atomic E-state index is 11.3. The third kappa shape index (κ3) is 8.64. The molecule has 0 aliphatic carbocycles. The van der Waals surface area contributed by atoms with Gasteiger partial charge in [0.2, 0.25) is 5.13 Å². The molecule has 0 aliphatic heterocycles. The van der Waals surface area contributed by atoms with Crippen LogP contribution in [-0.2, 0) is 17.1 Å². The van der Waals surface area contributed by atoms with E-state index in [1.807, 2.05) is 29.6 Å². The van der Waals surface area contributed by atoms with Crippen LogP contribution < -0.4 is 10.2 Å². The summed E-state index contributed by atoms with van der Waals surface area (Å²) < 4.78 is 0. The van der Waals surface area contributed by atoms with Crippen LogP contribution in [-0.4, -0.2) is 38.1 Å². The molecule has 9 nitrogen and oxygen atoms in total. The molecule has 1 radical (unpaired) electrons. The van der Waals surface area contributed by atoms with Crippen molar-refractivity contribution in [2.75, 3.05) is 0 Å². The molecule has 0 amide bonds. The molecule has 0 fully saturated rings. The molecule has 0 atom stereocenters. The molecule has 0 saturated heterocycles. The van der Waals surface area contributed by atoms with Gasteiger partial charge in [0, 0.05) is 24.0 Å². The zero-order chi connectivity index (χ0) is 17.5. The Kier molecular flexibility index (Phi) is 16.9. The van der Waals surface area contributed by atoms with Gasteiger partial charge in [0.25, 0.3) is 0 Å². The minimum atomic E-state index is -0.0205. The van der Waals surface area contributed by atoms with Gasteiger partial charge in [-0.25, -0.2) is 9.98 Å². The van der Waals surface area contributed by atoms with Gasteiger partial charge in [0.15, 0.2) is 0 Å². The number of rotatable bonds is 2. The molecule has 0 aliphatic rings. The van der Waals surface area contributed by atoms with E-state index < -0.39 is 0 Å². The van der Waals surface area contributed by atoms with Gasteiger partial charge in [-0.2, -0.15) is 0 Å². The van der Waals surface area contributed by atoms with Gasteiger partial charge in [-0.3, -0.25) is 4.98 Å². The number of fused-ring (bicyclic) bond motifs is 1. The summed E-state index contributed by atoms with van der Waals surface area (Å²) in [6.45, 7) is 0. The Morgan fingerprint density at radius 3 is 2.07 bits per heavy atom. The molecule has 0 bridgehead atoms. The first kappa shape index (κ1) is 31.8. The predicted octanol–water partition coefficient (Wildman–Crippen LogP) is -0.0256. The Bertz CT molecular complexity index is 997. The van der Waals surface area contributed by atoms with E-state index in [1.54, 1.807) is 36.8 Å². The fourth-order valence-electron chi connectivity index (χ4n) is 2.07. The fourth-order valence-corrected chi connectivity index (χ4v) is 2.55. The van der Waals surface area contributed by atoms with Gasteiger partial charge < -0.3 is 32.1 Å². The van der Waals surface area contributed by atoms with Crippen molar-refractivity contribution < 1.29 is 49.2 Å². The van der Waals surface area contributed by atoms with Crippen molar-refractivity contribution in [3.8, 4) is 11.5 Å². The Balaban J connectivity index is -0.000000424. The first-order valence-corrected chi connectivity index (χ1v) is 8.32. The van der Waals surface area contributed by atoms with Crippen molar-refractivity contribution in [2.24, 2.45) is 4.99 Å². The van der Waals surface area contributed by atoms with Crippen LogP contribution in [0.5, 0.6) is 11.5 Å². The van der Waals surface area contributed by atoms with Gasteiger partial charge >= 0.3 is 17.1 Å². The average Bonchev–Trinajstić information content (AvgIpc) is 3.16. The van der Waals surface area contributed by atoms with Crippen LogP contribution in [0.25, 0.3) is 10.9 Å². The van der Waals surface area contributed by atoms with E-state index in [0.29, 0.717) is 16.2 Å². The Hall–Kier alpha value is -2.89. The second-order valence-corrected chi connectivity index (χ2v) is 5.81. The van der Waals surface area contributed by atoms with Gasteiger partial charge in [0.1, 0.15) is 0 Å². The number of aromatic nitrogens is 2. The van der Waals surface area contributed by atoms with E-state index in [0.717, 1.165) is 5.39 Å². The summed E-state index contributed by atoms with van der Waals surface area (Å²) in [5.74, 6) is -0.0316. The van der Waals surface area contributed by atoms with Crippen LogP contribution in [0, 0.1) is 0 Å². The van der Waals surface area contributed by atoms with Crippen LogP contribution in [0.1, 0.15) is 5.56 Å². The van der Waals surface area contributed by atoms with Gasteiger partial charge in [-0.1, -0.05) is 54.3 Å². The Morgan fingerprint density at radius 2 is 1.43 bits per heavy atom. The maximum absolute atomic E-state index is 11.3. The molecule has 4 aromatic rings. The van der Waals surface area contributed by atoms with Gasteiger partial charge in [0.05, 0.1) is 5.52 Å². The molecule has 2 aromatic heterocycles. The molecule has 2 aromatic carbocycles. The number of thiazole rings is 1. The zero-order valence-electron chi connectivity index (χ0n) is 15.4. The van der Waals surface area contributed by atoms with Crippen molar-refractivity contribution in [3.63, 3.8) is 0 Å². The predicted molar refractivity (Wildman–Crippen MR) is 111 cm³/mol. The van der Waals surface area contributed by atoms with E-state index >= 15 is 0 Å². The fraction of sp³-hybridized carbons (Fsp3) is 0. The summed E-state index contributed by atoms with van der Waals surface area (Å²) in [6.07, 6.45) is 4.85. The maximum Gasteiger partial charge on any atom is 2.00 e. The molecule has 0 unspecified atom stereocenters. The summed E-state index contributed by atoms with van der Waals surface area (Å²) in [4.78, 5) is 12.0. The molecule has 4 rings (SSSR count). The number of pyridine rings is 1. The number of benzene rings is 2. The van der Waals surface area contributed by atoms with E-state index in [9.17, 15) is 10.2 Å². The van der Waals surface area contributed by atoms with E-state index in [4.69, 9.17) is 0 Å². The number of hydrogen-bond acceptors (Lipinski definition) is 6.